The minimum absolute atomic E-state index is 0.0444. The molecule has 0 aliphatic rings. The minimum atomic E-state index is -4.50. The third-order valence-electron chi connectivity index (χ3n) is 3.98. The molecule has 12 heteroatoms. The molecule has 2 N–H and O–H groups in total. The molecule has 2 rings (SSSR count). The third-order valence-corrected chi connectivity index (χ3v) is 5.09. The summed E-state index contributed by atoms with van der Waals surface area (Å²) in [6.07, 6.45) is -3.83. The summed E-state index contributed by atoms with van der Waals surface area (Å²) in [5, 5.41) is 16.4. The Morgan fingerprint density at radius 1 is 1.13 bits per heavy atom. The van der Waals surface area contributed by atoms with Crippen LogP contribution in [0, 0.1) is 10.1 Å². The van der Waals surface area contributed by atoms with Gasteiger partial charge in [-0.2, -0.15) is 13.2 Å². The van der Waals surface area contributed by atoms with Crippen molar-refractivity contribution in [2.24, 2.45) is 0 Å². The zero-order chi connectivity index (χ0) is 22.5. The Balaban J connectivity index is 1.92. The highest BCUT2D eigenvalue weighted by atomic mass is 32.2. The fourth-order valence-corrected chi connectivity index (χ4v) is 3.19. The van der Waals surface area contributed by atoms with Gasteiger partial charge in [-0.15, -0.1) is 0 Å². The number of benzene rings is 2. The molecule has 0 fully saturated rings. The molecular formula is C18H18F3N3O5S. The molecule has 2 aromatic carbocycles. The lowest BCUT2D eigenvalue weighted by molar-refractivity contribution is -0.384. The number of nitrogens with one attached hydrogen (secondary N) is 2. The Kier molecular flexibility index (Phi) is 7.03. The van der Waals surface area contributed by atoms with E-state index >= 15 is 0 Å². The highest BCUT2D eigenvalue weighted by molar-refractivity contribution is 7.90. The molecule has 0 heterocycles. The standard InChI is InChI=1S/C18H18F3N3O5S/c1-30(28,29)14-5-6-15(16(11-14)24(26)27)22-7-8-23-17(25)10-12-3-2-4-13(9-12)18(19,20)21/h2-6,9,11,22H,7-8,10H2,1H3,(H,23,25). The molecule has 0 unspecified atom stereocenters. The fourth-order valence-electron chi connectivity index (χ4n) is 2.55. The van der Waals surface area contributed by atoms with Gasteiger partial charge in [0.25, 0.3) is 5.69 Å². The lowest BCUT2D eigenvalue weighted by Crippen LogP contribution is -2.30. The van der Waals surface area contributed by atoms with Crippen molar-refractivity contribution < 1.29 is 31.3 Å². The number of hydrogen-bond donors (Lipinski definition) is 2. The smallest absolute Gasteiger partial charge is 0.378 e. The van der Waals surface area contributed by atoms with Gasteiger partial charge in [-0.05, 0) is 23.8 Å². The predicted octanol–water partition coefficient (Wildman–Crippen LogP) is 2.79. The maximum atomic E-state index is 12.7. The van der Waals surface area contributed by atoms with E-state index in [1.54, 1.807) is 0 Å². The topological polar surface area (TPSA) is 118 Å². The van der Waals surface area contributed by atoms with Gasteiger partial charge in [-0.25, -0.2) is 8.42 Å². The first-order chi connectivity index (χ1) is 13.9. The second-order valence-corrected chi connectivity index (χ2v) is 8.38. The van der Waals surface area contributed by atoms with Crippen molar-refractivity contribution in [3.05, 3.63) is 63.7 Å². The molecule has 162 valence electrons. The van der Waals surface area contributed by atoms with Gasteiger partial charge < -0.3 is 10.6 Å². The summed E-state index contributed by atoms with van der Waals surface area (Å²) < 4.78 is 61.2. The summed E-state index contributed by atoms with van der Waals surface area (Å²) in [6, 6.07) is 7.82. The first kappa shape index (κ1) is 23.1. The van der Waals surface area contributed by atoms with Crippen LogP contribution in [0.2, 0.25) is 0 Å². The Morgan fingerprint density at radius 3 is 2.43 bits per heavy atom. The van der Waals surface area contributed by atoms with Gasteiger partial charge in [0.15, 0.2) is 9.84 Å². The molecule has 0 saturated carbocycles. The van der Waals surface area contributed by atoms with Crippen LogP contribution in [0.25, 0.3) is 0 Å². The molecule has 0 aromatic heterocycles. The lowest BCUT2D eigenvalue weighted by atomic mass is 10.1. The van der Waals surface area contributed by atoms with Crippen molar-refractivity contribution in [1.82, 2.24) is 5.32 Å². The average Bonchev–Trinajstić information content (AvgIpc) is 2.64. The Labute approximate surface area is 170 Å². The molecule has 0 atom stereocenters. The van der Waals surface area contributed by atoms with Gasteiger partial charge in [0.05, 0.1) is 21.8 Å². The maximum absolute atomic E-state index is 12.7. The monoisotopic (exact) mass is 445 g/mol. The van der Waals surface area contributed by atoms with Crippen LogP contribution in [0.3, 0.4) is 0 Å². The highest BCUT2D eigenvalue weighted by Gasteiger charge is 2.30. The van der Waals surface area contributed by atoms with E-state index in [0.29, 0.717) is 0 Å². The zero-order valence-electron chi connectivity index (χ0n) is 15.7. The Morgan fingerprint density at radius 2 is 1.83 bits per heavy atom. The third kappa shape index (κ3) is 6.44. The van der Waals surface area contributed by atoms with Crippen LogP contribution in [0.4, 0.5) is 24.5 Å². The number of alkyl halides is 3. The number of nitro groups is 1. The van der Waals surface area contributed by atoms with E-state index in [1.165, 1.54) is 24.3 Å². The van der Waals surface area contributed by atoms with E-state index in [4.69, 9.17) is 0 Å². The van der Waals surface area contributed by atoms with Gasteiger partial charge in [-0.1, -0.05) is 18.2 Å². The normalized spacial score (nSPS) is 11.7. The van der Waals surface area contributed by atoms with E-state index < -0.39 is 38.1 Å². The molecule has 1 amide bonds. The molecule has 0 saturated heterocycles. The number of rotatable bonds is 8. The fraction of sp³-hybridized carbons (Fsp3) is 0.278. The summed E-state index contributed by atoms with van der Waals surface area (Å²) in [7, 11) is -3.61. The van der Waals surface area contributed by atoms with Crippen molar-refractivity contribution in [3.8, 4) is 0 Å². The maximum Gasteiger partial charge on any atom is 0.416 e. The number of carbonyl (C=O) groups is 1. The van der Waals surface area contributed by atoms with Crippen molar-refractivity contribution in [3.63, 3.8) is 0 Å². The average molecular weight is 445 g/mol. The lowest BCUT2D eigenvalue weighted by Gasteiger charge is -2.10. The number of nitro benzene ring substituents is 1. The van der Waals surface area contributed by atoms with Crippen LogP contribution in [0.5, 0.6) is 0 Å². The predicted molar refractivity (Wildman–Crippen MR) is 103 cm³/mol. The second-order valence-electron chi connectivity index (χ2n) is 6.36. The molecular weight excluding hydrogens is 427 g/mol. The zero-order valence-corrected chi connectivity index (χ0v) is 16.5. The van der Waals surface area contributed by atoms with Crippen LogP contribution in [0.1, 0.15) is 11.1 Å². The van der Waals surface area contributed by atoms with Crippen LogP contribution in [0.15, 0.2) is 47.4 Å². The SMILES string of the molecule is CS(=O)(=O)c1ccc(NCCNC(=O)Cc2cccc(C(F)(F)F)c2)c([N+](=O)[O-])c1. The number of hydrogen-bond acceptors (Lipinski definition) is 6. The Bertz CT molecular complexity index is 1060. The van der Waals surface area contributed by atoms with Crippen molar-refractivity contribution in [2.45, 2.75) is 17.5 Å². The van der Waals surface area contributed by atoms with E-state index in [9.17, 15) is 36.5 Å². The van der Waals surface area contributed by atoms with Crippen molar-refractivity contribution in [1.29, 1.82) is 0 Å². The van der Waals surface area contributed by atoms with Gasteiger partial charge in [0, 0.05) is 25.4 Å². The first-order valence-corrected chi connectivity index (χ1v) is 10.4. The number of sulfone groups is 1. The van der Waals surface area contributed by atoms with E-state index in [1.807, 2.05) is 0 Å². The number of nitrogens with zero attached hydrogens (tertiary/aromatic N) is 1. The molecule has 0 aliphatic heterocycles. The number of carbonyl (C=O) groups excluding carboxylic acids is 1. The molecule has 0 spiro atoms. The van der Waals surface area contributed by atoms with Crippen LogP contribution in [-0.2, 0) is 27.2 Å². The van der Waals surface area contributed by atoms with Gasteiger partial charge in [0.1, 0.15) is 5.69 Å². The van der Waals surface area contributed by atoms with Crippen LogP contribution in [-0.4, -0.2) is 38.6 Å². The summed E-state index contributed by atoms with van der Waals surface area (Å²) >= 11 is 0. The summed E-state index contributed by atoms with van der Waals surface area (Å²) in [5.74, 6) is -0.516. The minimum Gasteiger partial charge on any atom is -0.378 e. The first-order valence-electron chi connectivity index (χ1n) is 8.53. The van der Waals surface area contributed by atoms with E-state index in [0.717, 1.165) is 24.5 Å². The summed E-state index contributed by atoms with van der Waals surface area (Å²) in [4.78, 5) is 22.2. The van der Waals surface area contributed by atoms with Gasteiger partial charge in [-0.3, -0.25) is 14.9 Å². The summed E-state index contributed by atoms with van der Waals surface area (Å²) in [5.41, 5.74) is -1.02. The second kappa shape index (κ2) is 9.11. The highest BCUT2D eigenvalue weighted by Crippen LogP contribution is 2.29. The van der Waals surface area contributed by atoms with Crippen LogP contribution >= 0.6 is 0 Å². The van der Waals surface area contributed by atoms with Gasteiger partial charge in [0.2, 0.25) is 5.91 Å². The summed E-state index contributed by atoms with van der Waals surface area (Å²) in [6.45, 7) is 0.121. The molecule has 0 radical (unpaired) electrons. The van der Waals surface area contributed by atoms with E-state index in [2.05, 4.69) is 10.6 Å². The van der Waals surface area contributed by atoms with Crippen LogP contribution < -0.4 is 10.6 Å². The molecule has 2 aromatic rings. The van der Waals surface area contributed by atoms with E-state index in [-0.39, 0.29) is 35.7 Å². The molecule has 8 nitrogen and oxygen atoms in total. The quantitative estimate of drug-likeness (QED) is 0.367. The molecule has 30 heavy (non-hydrogen) atoms. The molecule has 0 bridgehead atoms. The molecule has 0 aliphatic carbocycles. The Hall–Kier alpha value is -3.15. The largest absolute Gasteiger partial charge is 0.416 e. The number of halogens is 3. The number of amides is 1. The van der Waals surface area contributed by atoms with Gasteiger partial charge >= 0.3 is 6.18 Å². The van der Waals surface area contributed by atoms with Crippen molar-refractivity contribution in [2.75, 3.05) is 24.7 Å². The number of anilines is 1. The van der Waals surface area contributed by atoms with Crippen molar-refractivity contribution >= 4 is 27.1 Å².